The predicted octanol–water partition coefficient (Wildman–Crippen LogP) is 3.74. The molecule has 2 N–H and O–H groups in total. The first-order valence-corrected chi connectivity index (χ1v) is 6.40. The summed E-state index contributed by atoms with van der Waals surface area (Å²) in [5.74, 6) is 1.26. The van der Waals surface area contributed by atoms with Gasteiger partial charge in [-0.2, -0.15) is 0 Å². The average Bonchev–Trinajstić information content (AvgIpc) is 3.20. The van der Waals surface area contributed by atoms with Gasteiger partial charge in [0, 0.05) is 16.6 Å². The molecule has 0 saturated heterocycles. The van der Waals surface area contributed by atoms with E-state index >= 15 is 0 Å². The summed E-state index contributed by atoms with van der Waals surface area (Å²) >= 11 is 6.37. The van der Waals surface area contributed by atoms with Crippen LogP contribution >= 0.6 is 11.6 Å². The fraction of sp³-hybridized carbons (Fsp3) is 0.357. The largest absolute Gasteiger partial charge is 0.384 e. The van der Waals surface area contributed by atoms with E-state index in [-0.39, 0.29) is 0 Å². The van der Waals surface area contributed by atoms with Crippen LogP contribution in [-0.2, 0) is 0 Å². The average molecular weight is 245 g/mol. The summed E-state index contributed by atoms with van der Waals surface area (Å²) in [6.07, 6.45) is 5.87. The predicted molar refractivity (Wildman–Crippen MR) is 70.2 cm³/mol. The molecule has 0 bridgehead atoms. The first kappa shape index (κ1) is 9.72. The lowest BCUT2D eigenvalue weighted by atomic mass is 10.0. The zero-order chi connectivity index (χ0) is 11.6. The maximum absolute atomic E-state index is 6.37. The molecule has 86 valence electrons. The zero-order valence-corrected chi connectivity index (χ0v) is 10.2. The standard InChI is InChI=1S/C14H13ClN2/c15-12-4-9-7-17-13(16)5-8(9)3-10(12)11-6-14(11)1-2-14/h3-5,7,11H,1-2,6H2,(H2,16,17). The molecule has 2 nitrogen and oxygen atoms in total. The number of fused-ring (bicyclic) bond motifs is 1. The summed E-state index contributed by atoms with van der Waals surface area (Å²) in [6, 6.07) is 6.15. The molecular formula is C14H13ClN2. The van der Waals surface area contributed by atoms with Crippen molar-refractivity contribution in [1.29, 1.82) is 0 Å². The van der Waals surface area contributed by atoms with Gasteiger partial charge in [0.1, 0.15) is 5.82 Å². The van der Waals surface area contributed by atoms with Gasteiger partial charge in [0.2, 0.25) is 0 Å². The summed E-state index contributed by atoms with van der Waals surface area (Å²) in [7, 11) is 0. The van der Waals surface area contributed by atoms with Gasteiger partial charge in [-0.1, -0.05) is 11.6 Å². The minimum atomic E-state index is 0.572. The van der Waals surface area contributed by atoms with E-state index < -0.39 is 0 Å². The Hall–Kier alpha value is -1.28. The van der Waals surface area contributed by atoms with Gasteiger partial charge in [-0.05, 0) is 59.7 Å². The molecule has 2 fully saturated rings. The molecule has 1 heterocycles. The number of nitrogens with two attached hydrogens (primary N) is 1. The molecule has 0 radical (unpaired) electrons. The van der Waals surface area contributed by atoms with E-state index in [9.17, 15) is 0 Å². The Kier molecular flexibility index (Phi) is 1.68. The Morgan fingerprint density at radius 1 is 1.24 bits per heavy atom. The second-order valence-corrected chi connectivity index (χ2v) is 5.86. The number of pyridine rings is 1. The number of benzene rings is 1. The fourth-order valence-corrected chi connectivity index (χ4v) is 3.27. The quantitative estimate of drug-likeness (QED) is 0.830. The number of nitrogens with zero attached hydrogens (tertiary/aromatic N) is 1. The molecule has 2 saturated carbocycles. The van der Waals surface area contributed by atoms with Crippen molar-refractivity contribution in [3.63, 3.8) is 0 Å². The molecular weight excluding hydrogens is 232 g/mol. The Labute approximate surface area is 105 Å². The molecule has 1 unspecified atom stereocenters. The smallest absolute Gasteiger partial charge is 0.123 e. The van der Waals surface area contributed by atoms with Gasteiger partial charge in [-0.15, -0.1) is 0 Å². The van der Waals surface area contributed by atoms with Crippen LogP contribution in [0.3, 0.4) is 0 Å². The van der Waals surface area contributed by atoms with Crippen molar-refractivity contribution in [2.45, 2.75) is 25.2 Å². The van der Waals surface area contributed by atoms with Crippen molar-refractivity contribution in [2.75, 3.05) is 5.73 Å². The maximum Gasteiger partial charge on any atom is 0.123 e. The van der Waals surface area contributed by atoms with Crippen LogP contribution in [-0.4, -0.2) is 4.98 Å². The molecule has 1 aromatic heterocycles. The van der Waals surface area contributed by atoms with E-state index in [1.165, 1.54) is 24.8 Å². The van der Waals surface area contributed by atoms with Crippen molar-refractivity contribution >= 4 is 28.2 Å². The number of aromatic nitrogens is 1. The third-order valence-electron chi connectivity index (χ3n) is 4.32. The highest BCUT2D eigenvalue weighted by molar-refractivity contribution is 6.32. The van der Waals surface area contributed by atoms with Crippen LogP contribution < -0.4 is 5.73 Å². The molecule has 1 spiro atoms. The Morgan fingerprint density at radius 3 is 2.76 bits per heavy atom. The Balaban J connectivity index is 1.89. The van der Waals surface area contributed by atoms with Crippen molar-refractivity contribution in [3.8, 4) is 0 Å². The maximum atomic E-state index is 6.37. The lowest BCUT2D eigenvalue weighted by Crippen LogP contribution is -1.91. The van der Waals surface area contributed by atoms with Gasteiger partial charge in [-0.25, -0.2) is 4.98 Å². The molecule has 2 aromatic rings. The van der Waals surface area contributed by atoms with Gasteiger partial charge in [0.25, 0.3) is 0 Å². The van der Waals surface area contributed by atoms with Gasteiger partial charge in [0.15, 0.2) is 0 Å². The molecule has 1 atom stereocenters. The van der Waals surface area contributed by atoms with E-state index in [0.29, 0.717) is 17.2 Å². The summed E-state index contributed by atoms with van der Waals surface area (Å²) < 4.78 is 0. The fourth-order valence-electron chi connectivity index (χ4n) is 2.97. The minimum Gasteiger partial charge on any atom is -0.384 e. The first-order chi connectivity index (χ1) is 8.18. The number of nitrogen functional groups attached to an aromatic ring is 1. The highest BCUT2D eigenvalue weighted by Gasteiger charge is 2.63. The Bertz CT molecular complexity index is 631. The highest BCUT2D eigenvalue weighted by atomic mass is 35.5. The van der Waals surface area contributed by atoms with E-state index in [0.717, 1.165) is 15.8 Å². The first-order valence-electron chi connectivity index (χ1n) is 6.03. The topological polar surface area (TPSA) is 38.9 Å². The number of anilines is 1. The lowest BCUT2D eigenvalue weighted by Gasteiger charge is -2.06. The van der Waals surface area contributed by atoms with Crippen LogP contribution in [0.4, 0.5) is 5.82 Å². The Morgan fingerprint density at radius 2 is 2.06 bits per heavy atom. The molecule has 0 aliphatic heterocycles. The van der Waals surface area contributed by atoms with Gasteiger partial charge in [-0.3, -0.25) is 0 Å². The van der Waals surface area contributed by atoms with Crippen LogP contribution in [0.2, 0.25) is 5.02 Å². The number of hydrogen-bond donors (Lipinski definition) is 1. The molecule has 0 amide bonds. The van der Waals surface area contributed by atoms with Crippen LogP contribution in [0.15, 0.2) is 24.4 Å². The van der Waals surface area contributed by atoms with Crippen molar-refractivity contribution < 1.29 is 0 Å². The van der Waals surface area contributed by atoms with Crippen LogP contribution in [0.5, 0.6) is 0 Å². The van der Waals surface area contributed by atoms with E-state index in [1.807, 2.05) is 12.1 Å². The molecule has 2 aliphatic carbocycles. The molecule has 1 aromatic carbocycles. The summed E-state index contributed by atoms with van der Waals surface area (Å²) in [4.78, 5) is 4.10. The van der Waals surface area contributed by atoms with Gasteiger partial charge in [0.05, 0.1) is 0 Å². The molecule has 4 rings (SSSR count). The number of rotatable bonds is 1. The minimum absolute atomic E-state index is 0.572. The molecule has 17 heavy (non-hydrogen) atoms. The van der Waals surface area contributed by atoms with Crippen molar-refractivity contribution in [1.82, 2.24) is 4.98 Å². The molecule has 2 aliphatic rings. The molecule has 3 heteroatoms. The van der Waals surface area contributed by atoms with Gasteiger partial charge >= 0.3 is 0 Å². The lowest BCUT2D eigenvalue weighted by molar-refractivity contribution is 0.840. The SMILES string of the molecule is Nc1cc2cc(C3CC34CC4)c(Cl)cc2cn1. The summed E-state index contributed by atoms with van der Waals surface area (Å²) in [5, 5.41) is 3.11. The number of hydrogen-bond acceptors (Lipinski definition) is 2. The number of halogens is 1. The van der Waals surface area contributed by atoms with Crippen LogP contribution in [0, 0.1) is 5.41 Å². The third-order valence-corrected chi connectivity index (χ3v) is 4.64. The second kappa shape index (κ2) is 2.94. The van der Waals surface area contributed by atoms with E-state index in [2.05, 4.69) is 11.1 Å². The second-order valence-electron chi connectivity index (χ2n) is 5.45. The van der Waals surface area contributed by atoms with E-state index in [4.69, 9.17) is 17.3 Å². The van der Waals surface area contributed by atoms with Crippen molar-refractivity contribution in [2.24, 2.45) is 5.41 Å². The summed E-state index contributed by atoms with van der Waals surface area (Å²) in [6.45, 7) is 0. The van der Waals surface area contributed by atoms with Gasteiger partial charge < -0.3 is 5.73 Å². The highest BCUT2D eigenvalue weighted by Crippen LogP contribution is 2.75. The normalized spacial score (nSPS) is 24.2. The monoisotopic (exact) mass is 244 g/mol. The summed E-state index contributed by atoms with van der Waals surface area (Å²) in [5.41, 5.74) is 7.67. The zero-order valence-electron chi connectivity index (χ0n) is 9.41. The van der Waals surface area contributed by atoms with Crippen LogP contribution in [0.25, 0.3) is 10.8 Å². The van der Waals surface area contributed by atoms with Crippen molar-refractivity contribution in [3.05, 3.63) is 35.0 Å². The van der Waals surface area contributed by atoms with E-state index in [1.54, 1.807) is 6.20 Å². The van der Waals surface area contributed by atoms with Crippen LogP contribution in [0.1, 0.15) is 30.7 Å². The third kappa shape index (κ3) is 1.37.